The topological polar surface area (TPSA) is 87.7 Å². The smallest absolute Gasteiger partial charge is 0.275 e. The zero-order valence-corrected chi connectivity index (χ0v) is 12.8. The Labute approximate surface area is 129 Å². The molecule has 0 fully saturated rings. The molecule has 0 saturated carbocycles. The zero-order chi connectivity index (χ0) is 15.9. The Morgan fingerprint density at radius 2 is 1.95 bits per heavy atom. The lowest BCUT2D eigenvalue weighted by molar-refractivity contribution is -0.121. The summed E-state index contributed by atoms with van der Waals surface area (Å²) in [6, 6.07) is 8.89. The lowest BCUT2D eigenvalue weighted by Crippen LogP contribution is -2.33. The summed E-state index contributed by atoms with van der Waals surface area (Å²) >= 11 is 0. The molecule has 0 saturated heterocycles. The first-order valence-electron chi connectivity index (χ1n) is 7.47. The number of amides is 1. The maximum atomic E-state index is 12.2. The highest BCUT2D eigenvalue weighted by atomic mass is 16.2. The molecule has 0 bridgehead atoms. The van der Waals surface area contributed by atoms with Gasteiger partial charge in [0.25, 0.3) is 5.56 Å². The Bertz CT molecular complexity index is 682. The van der Waals surface area contributed by atoms with Crippen LogP contribution in [0.15, 0.2) is 35.1 Å². The molecule has 0 spiro atoms. The van der Waals surface area contributed by atoms with Gasteiger partial charge in [0.2, 0.25) is 5.91 Å². The fourth-order valence-electron chi connectivity index (χ4n) is 2.16. The second kappa shape index (κ2) is 7.49. The first kappa shape index (κ1) is 15.9. The summed E-state index contributed by atoms with van der Waals surface area (Å²) in [5.74, 6) is 0.340. The molecule has 1 amide bonds. The molecule has 1 aromatic heterocycles. The van der Waals surface area contributed by atoms with E-state index in [4.69, 9.17) is 0 Å². The van der Waals surface area contributed by atoms with Crippen LogP contribution >= 0.6 is 0 Å². The lowest BCUT2D eigenvalue weighted by Gasteiger charge is -2.15. The van der Waals surface area contributed by atoms with Gasteiger partial charge in [0, 0.05) is 12.0 Å². The summed E-state index contributed by atoms with van der Waals surface area (Å²) in [7, 11) is 0. The number of rotatable bonds is 6. The minimum atomic E-state index is -0.417. The van der Waals surface area contributed by atoms with Crippen molar-refractivity contribution in [3.8, 4) is 11.4 Å². The molecule has 2 aromatic rings. The van der Waals surface area contributed by atoms with Crippen molar-refractivity contribution >= 4 is 5.91 Å². The van der Waals surface area contributed by atoms with Gasteiger partial charge in [-0.15, -0.1) is 10.2 Å². The van der Waals surface area contributed by atoms with Gasteiger partial charge in [-0.2, -0.15) is 0 Å². The van der Waals surface area contributed by atoms with Crippen LogP contribution in [0.2, 0.25) is 0 Å². The Morgan fingerprint density at radius 3 is 2.55 bits per heavy atom. The average Bonchev–Trinajstić information content (AvgIpc) is 2.54. The van der Waals surface area contributed by atoms with E-state index in [1.54, 1.807) is 0 Å². The quantitative estimate of drug-likeness (QED) is 0.856. The van der Waals surface area contributed by atoms with Gasteiger partial charge in [-0.1, -0.05) is 44.2 Å². The third-order valence-corrected chi connectivity index (χ3v) is 3.32. The molecule has 6 heteroatoms. The number of aromatic amines is 1. The first-order valence-corrected chi connectivity index (χ1v) is 7.47. The maximum Gasteiger partial charge on any atom is 0.275 e. The van der Waals surface area contributed by atoms with Crippen molar-refractivity contribution < 1.29 is 4.79 Å². The third kappa shape index (κ3) is 3.78. The molecule has 2 N–H and O–H groups in total. The van der Waals surface area contributed by atoms with Gasteiger partial charge < -0.3 is 10.3 Å². The SMILES string of the molecule is CCCC(=O)NC(CC)c1nnc(-c2ccccc2)[nH]c1=O. The molecule has 1 atom stereocenters. The van der Waals surface area contributed by atoms with Gasteiger partial charge in [-0.05, 0) is 12.8 Å². The molecule has 1 aromatic carbocycles. The second-order valence-electron chi connectivity index (χ2n) is 5.03. The average molecular weight is 300 g/mol. The normalized spacial score (nSPS) is 11.9. The molecule has 2 rings (SSSR count). The number of H-pyrrole nitrogens is 1. The molecule has 0 aliphatic heterocycles. The number of aromatic nitrogens is 3. The summed E-state index contributed by atoms with van der Waals surface area (Å²) in [6.07, 6.45) is 1.78. The van der Waals surface area contributed by atoms with Crippen LogP contribution in [0.5, 0.6) is 0 Å². The molecule has 0 aliphatic rings. The fraction of sp³-hybridized carbons (Fsp3) is 0.375. The summed E-state index contributed by atoms with van der Waals surface area (Å²) in [6.45, 7) is 3.82. The Kier molecular flexibility index (Phi) is 5.41. The number of nitrogens with one attached hydrogen (secondary N) is 2. The predicted molar refractivity (Wildman–Crippen MR) is 84.2 cm³/mol. The van der Waals surface area contributed by atoms with E-state index in [1.165, 1.54) is 0 Å². The molecule has 0 radical (unpaired) electrons. The van der Waals surface area contributed by atoms with E-state index >= 15 is 0 Å². The van der Waals surface area contributed by atoms with Crippen molar-refractivity contribution in [3.63, 3.8) is 0 Å². The van der Waals surface area contributed by atoms with E-state index in [-0.39, 0.29) is 17.2 Å². The van der Waals surface area contributed by atoms with Gasteiger partial charge >= 0.3 is 0 Å². The van der Waals surface area contributed by atoms with Crippen LogP contribution in [0.1, 0.15) is 44.8 Å². The van der Waals surface area contributed by atoms with E-state index in [1.807, 2.05) is 44.2 Å². The van der Waals surface area contributed by atoms with Gasteiger partial charge in [0.1, 0.15) is 0 Å². The van der Waals surface area contributed by atoms with Crippen LogP contribution < -0.4 is 10.9 Å². The third-order valence-electron chi connectivity index (χ3n) is 3.32. The number of hydrogen-bond donors (Lipinski definition) is 2. The molecular formula is C16H20N4O2. The summed E-state index contributed by atoms with van der Waals surface area (Å²) in [5.41, 5.74) is 0.714. The summed E-state index contributed by atoms with van der Waals surface area (Å²) < 4.78 is 0. The van der Waals surface area contributed by atoms with Gasteiger partial charge in [0.05, 0.1) is 6.04 Å². The lowest BCUT2D eigenvalue weighted by atomic mass is 10.1. The highest BCUT2D eigenvalue weighted by molar-refractivity contribution is 5.76. The van der Waals surface area contributed by atoms with Crippen LogP contribution in [0, 0.1) is 0 Å². The largest absolute Gasteiger partial charge is 0.347 e. The molecule has 22 heavy (non-hydrogen) atoms. The van der Waals surface area contributed by atoms with Crippen molar-refractivity contribution in [2.45, 2.75) is 39.2 Å². The van der Waals surface area contributed by atoms with Crippen LogP contribution in [0.3, 0.4) is 0 Å². The maximum absolute atomic E-state index is 12.2. The number of carbonyl (C=O) groups is 1. The number of nitrogens with zero attached hydrogens (tertiary/aromatic N) is 2. The van der Waals surface area contributed by atoms with Crippen molar-refractivity contribution in [1.29, 1.82) is 0 Å². The van der Waals surface area contributed by atoms with Gasteiger partial charge in [0.15, 0.2) is 11.5 Å². The van der Waals surface area contributed by atoms with E-state index in [9.17, 15) is 9.59 Å². The molecular weight excluding hydrogens is 280 g/mol. The summed E-state index contributed by atoms with van der Waals surface area (Å²) in [4.78, 5) is 26.7. The summed E-state index contributed by atoms with van der Waals surface area (Å²) in [5, 5.41) is 10.9. The Morgan fingerprint density at radius 1 is 1.23 bits per heavy atom. The monoisotopic (exact) mass is 300 g/mol. The Balaban J connectivity index is 2.25. The fourth-order valence-corrected chi connectivity index (χ4v) is 2.16. The van der Waals surface area contributed by atoms with Crippen LogP contribution in [-0.2, 0) is 4.79 Å². The highest BCUT2D eigenvalue weighted by Crippen LogP contribution is 2.14. The minimum Gasteiger partial charge on any atom is -0.347 e. The highest BCUT2D eigenvalue weighted by Gasteiger charge is 2.18. The minimum absolute atomic E-state index is 0.0808. The predicted octanol–water partition coefficient (Wildman–Crippen LogP) is 2.20. The van der Waals surface area contributed by atoms with Crippen molar-refractivity contribution in [1.82, 2.24) is 20.5 Å². The second-order valence-corrected chi connectivity index (χ2v) is 5.03. The van der Waals surface area contributed by atoms with Crippen LogP contribution in [0.25, 0.3) is 11.4 Å². The van der Waals surface area contributed by atoms with E-state index in [2.05, 4.69) is 20.5 Å². The van der Waals surface area contributed by atoms with Gasteiger partial charge in [-0.3, -0.25) is 9.59 Å². The zero-order valence-electron chi connectivity index (χ0n) is 12.8. The van der Waals surface area contributed by atoms with Crippen molar-refractivity contribution in [2.75, 3.05) is 0 Å². The van der Waals surface area contributed by atoms with Crippen molar-refractivity contribution in [3.05, 3.63) is 46.4 Å². The number of benzene rings is 1. The standard InChI is InChI=1S/C16H20N4O2/c1-3-8-13(21)17-12(4-2)14-16(22)18-15(20-19-14)11-9-6-5-7-10-11/h5-7,9-10,12H,3-4,8H2,1-2H3,(H,17,21)(H,18,20,22). The van der Waals surface area contributed by atoms with Crippen LogP contribution in [0.4, 0.5) is 0 Å². The molecule has 1 heterocycles. The first-order chi connectivity index (χ1) is 10.7. The van der Waals surface area contributed by atoms with E-state index in [0.717, 1.165) is 12.0 Å². The van der Waals surface area contributed by atoms with Crippen LogP contribution in [-0.4, -0.2) is 21.1 Å². The molecule has 6 nitrogen and oxygen atoms in total. The molecule has 116 valence electrons. The van der Waals surface area contributed by atoms with E-state index in [0.29, 0.717) is 18.7 Å². The number of hydrogen-bond acceptors (Lipinski definition) is 4. The van der Waals surface area contributed by atoms with Crippen molar-refractivity contribution in [2.24, 2.45) is 0 Å². The molecule has 1 unspecified atom stereocenters. The van der Waals surface area contributed by atoms with Gasteiger partial charge in [-0.25, -0.2) is 0 Å². The number of carbonyl (C=O) groups excluding carboxylic acids is 1. The Hall–Kier alpha value is -2.50. The van der Waals surface area contributed by atoms with E-state index < -0.39 is 6.04 Å². The molecule has 0 aliphatic carbocycles.